The quantitative estimate of drug-likeness (QED) is 0.673. The van der Waals surface area contributed by atoms with E-state index in [2.05, 4.69) is 11.4 Å². The van der Waals surface area contributed by atoms with Crippen LogP contribution in [0.15, 0.2) is 29.8 Å². The second-order valence-electron chi connectivity index (χ2n) is 4.85. The number of aryl methyl sites for hydroxylation is 1. The monoisotopic (exact) mass is 314 g/mol. The second-order valence-corrected chi connectivity index (χ2v) is 6.90. The minimum atomic E-state index is -0.0164. The molecule has 0 radical (unpaired) electrons. The number of nitrogens with one attached hydrogen (secondary N) is 1. The lowest BCUT2D eigenvalue weighted by Crippen LogP contribution is -1.99. The van der Waals surface area contributed by atoms with Crippen molar-refractivity contribution in [3.63, 3.8) is 0 Å². The molecule has 0 spiro atoms. The second kappa shape index (κ2) is 6.25. The van der Waals surface area contributed by atoms with E-state index in [4.69, 9.17) is 0 Å². The lowest BCUT2D eigenvalue weighted by atomic mass is 9.96. The summed E-state index contributed by atoms with van der Waals surface area (Å²) in [5.74, 6) is -0.0164. The number of fused-ring (bicyclic) bond motifs is 1. The van der Waals surface area contributed by atoms with Gasteiger partial charge in [-0.2, -0.15) is 5.26 Å². The molecule has 1 N–H and O–H groups in total. The van der Waals surface area contributed by atoms with Gasteiger partial charge in [0, 0.05) is 17.2 Å². The van der Waals surface area contributed by atoms with E-state index < -0.39 is 0 Å². The standard InChI is InChI=1S/C16H14N2OS2/c17-10-12-11-4-1-2-5-14(11)21-16(12)18-8-7-13(19)15-6-3-9-20-15/h3,6-9,18H,1-2,4-5H2/b8-7+. The molecule has 0 bridgehead atoms. The molecular weight excluding hydrogens is 300 g/mol. The van der Waals surface area contributed by atoms with Crippen LogP contribution in [0.5, 0.6) is 0 Å². The number of carbonyl (C=O) groups excluding carboxylic acids is 1. The molecule has 3 nitrogen and oxygen atoms in total. The van der Waals surface area contributed by atoms with Gasteiger partial charge in [0.2, 0.25) is 0 Å². The fourth-order valence-corrected chi connectivity index (χ4v) is 4.34. The molecule has 0 aliphatic heterocycles. The molecule has 0 atom stereocenters. The first-order chi connectivity index (χ1) is 10.3. The number of rotatable bonds is 4. The number of carbonyl (C=O) groups is 1. The number of ketones is 1. The van der Waals surface area contributed by atoms with Gasteiger partial charge in [0.05, 0.1) is 10.4 Å². The van der Waals surface area contributed by atoms with E-state index >= 15 is 0 Å². The Balaban J connectivity index is 1.75. The summed E-state index contributed by atoms with van der Waals surface area (Å²) in [7, 11) is 0. The molecule has 0 fully saturated rings. The van der Waals surface area contributed by atoms with Crippen LogP contribution >= 0.6 is 22.7 Å². The zero-order valence-corrected chi connectivity index (χ0v) is 13.0. The normalized spacial score (nSPS) is 13.9. The molecule has 0 saturated heterocycles. The largest absolute Gasteiger partial charge is 0.352 e. The van der Waals surface area contributed by atoms with Crippen molar-refractivity contribution in [3.8, 4) is 6.07 Å². The minimum absolute atomic E-state index is 0.0164. The molecule has 2 aromatic heterocycles. The van der Waals surface area contributed by atoms with Crippen molar-refractivity contribution in [2.24, 2.45) is 0 Å². The van der Waals surface area contributed by atoms with Gasteiger partial charge in [-0.05, 0) is 42.7 Å². The molecule has 0 saturated carbocycles. The summed E-state index contributed by atoms with van der Waals surface area (Å²) in [6.07, 6.45) is 7.57. The highest BCUT2D eigenvalue weighted by molar-refractivity contribution is 7.16. The molecule has 1 aliphatic carbocycles. The lowest BCUT2D eigenvalue weighted by Gasteiger charge is -2.09. The highest BCUT2D eigenvalue weighted by Crippen LogP contribution is 2.37. The summed E-state index contributed by atoms with van der Waals surface area (Å²) >= 11 is 3.07. The summed E-state index contributed by atoms with van der Waals surface area (Å²) in [6.45, 7) is 0. The Hall–Kier alpha value is -1.90. The van der Waals surface area contributed by atoms with Crippen molar-refractivity contribution in [2.75, 3.05) is 5.32 Å². The summed E-state index contributed by atoms with van der Waals surface area (Å²) in [5.41, 5.74) is 1.96. The maximum atomic E-state index is 11.9. The van der Waals surface area contributed by atoms with E-state index in [0.29, 0.717) is 0 Å². The Labute approximate surface area is 131 Å². The van der Waals surface area contributed by atoms with Crippen LogP contribution in [0.3, 0.4) is 0 Å². The third-order valence-electron chi connectivity index (χ3n) is 3.50. The number of hydrogen-bond acceptors (Lipinski definition) is 5. The van der Waals surface area contributed by atoms with Gasteiger partial charge < -0.3 is 5.32 Å². The molecule has 3 rings (SSSR count). The van der Waals surface area contributed by atoms with Crippen molar-refractivity contribution in [2.45, 2.75) is 25.7 Å². The number of hydrogen-bond donors (Lipinski definition) is 1. The minimum Gasteiger partial charge on any atom is -0.352 e. The van der Waals surface area contributed by atoms with Crippen LogP contribution in [0.25, 0.3) is 0 Å². The van der Waals surface area contributed by atoms with Crippen molar-refractivity contribution in [1.82, 2.24) is 0 Å². The molecule has 21 heavy (non-hydrogen) atoms. The predicted molar refractivity (Wildman–Crippen MR) is 87.1 cm³/mol. The SMILES string of the molecule is N#Cc1c(N/C=C/C(=O)c2cccs2)sc2c1CCCC2. The van der Waals surface area contributed by atoms with Crippen LogP contribution < -0.4 is 5.32 Å². The Bertz CT molecular complexity index is 720. The molecule has 2 aromatic rings. The van der Waals surface area contributed by atoms with Crippen LogP contribution in [0.2, 0.25) is 0 Å². The first kappa shape index (κ1) is 14.1. The molecular formula is C16H14N2OS2. The first-order valence-corrected chi connectivity index (χ1v) is 8.55. The predicted octanol–water partition coefficient (Wildman–Crippen LogP) is 4.37. The van der Waals surface area contributed by atoms with Gasteiger partial charge in [-0.15, -0.1) is 22.7 Å². The van der Waals surface area contributed by atoms with E-state index in [-0.39, 0.29) is 5.78 Å². The number of allylic oxidation sites excluding steroid dienone is 1. The Morgan fingerprint density at radius 2 is 2.24 bits per heavy atom. The average Bonchev–Trinajstić information content (AvgIpc) is 3.14. The third kappa shape index (κ3) is 2.92. The van der Waals surface area contributed by atoms with E-state index in [1.807, 2.05) is 17.5 Å². The Kier molecular flexibility index (Phi) is 4.18. The van der Waals surface area contributed by atoms with Crippen molar-refractivity contribution < 1.29 is 4.79 Å². The summed E-state index contributed by atoms with van der Waals surface area (Å²) in [5, 5.41) is 15.2. The van der Waals surface area contributed by atoms with E-state index in [0.717, 1.165) is 34.7 Å². The number of anilines is 1. The fraction of sp³-hybridized carbons (Fsp3) is 0.250. The maximum absolute atomic E-state index is 11.9. The van der Waals surface area contributed by atoms with Gasteiger partial charge in [0.15, 0.2) is 5.78 Å². The van der Waals surface area contributed by atoms with Gasteiger partial charge in [-0.1, -0.05) is 6.07 Å². The molecule has 1 aliphatic rings. The molecule has 0 unspecified atom stereocenters. The van der Waals surface area contributed by atoms with E-state index in [9.17, 15) is 10.1 Å². The number of nitrogens with zero attached hydrogens (tertiary/aromatic N) is 1. The molecule has 2 heterocycles. The van der Waals surface area contributed by atoms with Crippen LogP contribution in [-0.4, -0.2) is 5.78 Å². The van der Waals surface area contributed by atoms with Crippen molar-refractivity contribution >= 4 is 33.5 Å². The maximum Gasteiger partial charge on any atom is 0.197 e. The topological polar surface area (TPSA) is 52.9 Å². The lowest BCUT2D eigenvalue weighted by molar-refractivity contribution is 0.105. The average molecular weight is 314 g/mol. The fourth-order valence-electron chi connectivity index (χ4n) is 2.48. The van der Waals surface area contributed by atoms with Crippen LogP contribution in [0.1, 0.15) is 38.5 Å². The zero-order chi connectivity index (χ0) is 14.7. The summed E-state index contributed by atoms with van der Waals surface area (Å²) in [6, 6.07) is 5.97. The van der Waals surface area contributed by atoms with Gasteiger partial charge in [-0.25, -0.2) is 0 Å². The van der Waals surface area contributed by atoms with Crippen LogP contribution in [-0.2, 0) is 12.8 Å². The first-order valence-electron chi connectivity index (χ1n) is 6.85. The third-order valence-corrected chi connectivity index (χ3v) is 5.60. The Morgan fingerprint density at radius 1 is 1.38 bits per heavy atom. The van der Waals surface area contributed by atoms with Crippen molar-refractivity contribution in [3.05, 3.63) is 50.7 Å². The summed E-state index contributed by atoms with van der Waals surface area (Å²) in [4.78, 5) is 13.9. The number of nitriles is 1. The molecule has 106 valence electrons. The molecule has 0 aromatic carbocycles. The van der Waals surface area contributed by atoms with Crippen molar-refractivity contribution in [1.29, 1.82) is 5.26 Å². The smallest absolute Gasteiger partial charge is 0.197 e. The van der Waals surface area contributed by atoms with Crippen LogP contribution in [0, 0.1) is 11.3 Å². The zero-order valence-electron chi connectivity index (χ0n) is 11.4. The highest BCUT2D eigenvalue weighted by Gasteiger charge is 2.20. The van der Waals surface area contributed by atoms with E-state index in [1.165, 1.54) is 34.3 Å². The summed E-state index contributed by atoms with van der Waals surface area (Å²) < 4.78 is 0. The Morgan fingerprint density at radius 3 is 3.00 bits per heavy atom. The molecule has 5 heteroatoms. The number of thiophene rings is 2. The van der Waals surface area contributed by atoms with E-state index in [1.54, 1.807) is 17.5 Å². The molecule has 0 amide bonds. The van der Waals surface area contributed by atoms with Gasteiger partial charge in [0.25, 0.3) is 0 Å². The van der Waals surface area contributed by atoms with Crippen LogP contribution in [0.4, 0.5) is 5.00 Å². The van der Waals surface area contributed by atoms with Gasteiger partial charge >= 0.3 is 0 Å². The van der Waals surface area contributed by atoms with Gasteiger partial charge in [-0.3, -0.25) is 4.79 Å². The highest BCUT2D eigenvalue weighted by atomic mass is 32.1. The van der Waals surface area contributed by atoms with Gasteiger partial charge in [0.1, 0.15) is 11.1 Å².